The summed E-state index contributed by atoms with van der Waals surface area (Å²) in [6.45, 7) is 3.46. The average Bonchev–Trinajstić information content (AvgIpc) is 2.04. The Hall–Kier alpha value is -1.10. The molecule has 1 N–H and O–H groups in total. The van der Waals surface area contributed by atoms with Gasteiger partial charge in [0.1, 0.15) is 6.04 Å². The van der Waals surface area contributed by atoms with E-state index in [1.165, 1.54) is 25.9 Å². The summed E-state index contributed by atoms with van der Waals surface area (Å²) in [6.07, 6.45) is 0. The highest BCUT2D eigenvalue weighted by Gasteiger charge is 2.21. The molecular formula is C8H15NO4. The Kier molecular flexibility index (Phi) is 5.06. The van der Waals surface area contributed by atoms with E-state index >= 15 is 0 Å². The lowest BCUT2D eigenvalue weighted by atomic mass is 10.3. The van der Waals surface area contributed by atoms with Crippen molar-refractivity contribution < 1.29 is 19.4 Å². The van der Waals surface area contributed by atoms with E-state index in [0.717, 1.165) is 0 Å². The van der Waals surface area contributed by atoms with E-state index in [4.69, 9.17) is 9.84 Å². The lowest BCUT2D eigenvalue weighted by Gasteiger charge is -2.24. The fraction of sp³-hybridized carbons (Fsp3) is 0.750. The van der Waals surface area contributed by atoms with Gasteiger partial charge in [-0.15, -0.1) is 0 Å². The predicted octanol–water partition coefficient (Wildman–Crippen LogP) is -0.0456. The lowest BCUT2D eigenvalue weighted by molar-refractivity contribution is -0.149. The van der Waals surface area contributed by atoms with Crippen molar-refractivity contribution in [2.45, 2.75) is 19.9 Å². The van der Waals surface area contributed by atoms with Crippen molar-refractivity contribution in [3.63, 3.8) is 0 Å². The van der Waals surface area contributed by atoms with Crippen LogP contribution in [-0.2, 0) is 14.3 Å². The Morgan fingerprint density at radius 1 is 1.54 bits per heavy atom. The van der Waals surface area contributed by atoms with Gasteiger partial charge in [0.25, 0.3) is 0 Å². The number of carbonyl (C=O) groups excluding carboxylic acids is 1. The van der Waals surface area contributed by atoms with Gasteiger partial charge in [0, 0.05) is 20.6 Å². The van der Waals surface area contributed by atoms with E-state index < -0.39 is 12.0 Å². The van der Waals surface area contributed by atoms with Gasteiger partial charge in [0.2, 0.25) is 5.91 Å². The second-order valence-corrected chi connectivity index (χ2v) is 2.72. The Labute approximate surface area is 77.3 Å². The van der Waals surface area contributed by atoms with Crippen LogP contribution in [0, 0.1) is 0 Å². The number of carbonyl (C=O) groups is 2. The van der Waals surface area contributed by atoms with E-state index in [9.17, 15) is 9.59 Å². The first kappa shape index (κ1) is 11.9. The van der Waals surface area contributed by atoms with Crippen LogP contribution in [0.4, 0.5) is 0 Å². The summed E-state index contributed by atoms with van der Waals surface area (Å²) in [6, 6.07) is -0.798. The molecule has 0 aromatic carbocycles. The van der Waals surface area contributed by atoms with Crippen molar-refractivity contribution in [1.82, 2.24) is 4.90 Å². The molecule has 0 spiro atoms. The SMILES string of the molecule is COCCN(C(C)=O)C(C)C(=O)O. The first-order chi connectivity index (χ1) is 6.00. The van der Waals surface area contributed by atoms with E-state index in [-0.39, 0.29) is 5.91 Å². The van der Waals surface area contributed by atoms with E-state index in [1.807, 2.05) is 0 Å². The van der Waals surface area contributed by atoms with Crippen LogP contribution in [0.2, 0.25) is 0 Å². The van der Waals surface area contributed by atoms with Gasteiger partial charge in [-0.05, 0) is 6.92 Å². The van der Waals surface area contributed by atoms with Crippen molar-refractivity contribution >= 4 is 11.9 Å². The standard InChI is InChI=1S/C8H15NO4/c1-6(8(11)12)9(7(2)10)4-5-13-3/h6H,4-5H2,1-3H3,(H,11,12). The minimum atomic E-state index is -1.01. The number of hydrogen-bond acceptors (Lipinski definition) is 3. The molecule has 0 bridgehead atoms. The fourth-order valence-electron chi connectivity index (χ4n) is 0.947. The summed E-state index contributed by atoms with van der Waals surface area (Å²) in [5.41, 5.74) is 0. The third kappa shape index (κ3) is 3.89. The number of ether oxygens (including phenoxy) is 1. The smallest absolute Gasteiger partial charge is 0.326 e. The second kappa shape index (κ2) is 5.53. The van der Waals surface area contributed by atoms with Gasteiger partial charge in [0.15, 0.2) is 0 Å². The van der Waals surface area contributed by atoms with Crippen LogP contribution >= 0.6 is 0 Å². The molecule has 0 aromatic heterocycles. The maximum atomic E-state index is 11.0. The number of amides is 1. The van der Waals surface area contributed by atoms with Gasteiger partial charge in [-0.25, -0.2) is 4.79 Å². The summed E-state index contributed by atoms with van der Waals surface area (Å²) in [5, 5.41) is 8.67. The lowest BCUT2D eigenvalue weighted by Crippen LogP contribution is -2.43. The molecule has 1 unspecified atom stereocenters. The number of aliphatic carboxylic acids is 1. The van der Waals surface area contributed by atoms with Crippen molar-refractivity contribution in [3.8, 4) is 0 Å². The first-order valence-electron chi connectivity index (χ1n) is 3.99. The molecule has 1 atom stereocenters. The molecule has 76 valence electrons. The van der Waals surface area contributed by atoms with Crippen LogP contribution in [0.1, 0.15) is 13.8 Å². The normalized spacial score (nSPS) is 12.2. The maximum Gasteiger partial charge on any atom is 0.326 e. The third-order valence-electron chi connectivity index (χ3n) is 1.77. The highest BCUT2D eigenvalue weighted by molar-refractivity contribution is 5.81. The molecule has 0 fully saturated rings. The Bertz CT molecular complexity index is 193. The summed E-state index contributed by atoms with van der Waals surface area (Å²) < 4.78 is 4.77. The first-order valence-corrected chi connectivity index (χ1v) is 3.99. The fourth-order valence-corrected chi connectivity index (χ4v) is 0.947. The molecule has 1 amide bonds. The van der Waals surface area contributed by atoms with Gasteiger partial charge in [-0.2, -0.15) is 0 Å². The topological polar surface area (TPSA) is 66.8 Å². The number of nitrogens with zero attached hydrogens (tertiary/aromatic N) is 1. The number of carboxylic acids is 1. The molecule has 0 aliphatic heterocycles. The number of carboxylic acid groups (broad SMARTS) is 1. The Morgan fingerprint density at radius 3 is 2.38 bits per heavy atom. The van der Waals surface area contributed by atoms with Crippen LogP contribution in [0.3, 0.4) is 0 Å². The molecule has 13 heavy (non-hydrogen) atoms. The quantitative estimate of drug-likeness (QED) is 0.658. The summed E-state index contributed by atoms with van der Waals surface area (Å²) in [7, 11) is 1.50. The van der Waals surface area contributed by atoms with Crippen LogP contribution < -0.4 is 0 Å². The van der Waals surface area contributed by atoms with Crippen molar-refractivity contribution in [2.24, 2.45) is 0 Å². The maximum absolute atomic E-state index is 11.0. The Balaban J connectivity index is 4.24. The van der Waals surface area contributed by atoms with Crippen molar-refractivity contribution in [2.75, 3.05) is 20.3 Å². The van der Waals surface area contributed by atoms with E-state index in [0.29, 0.717) is 13.2 Å². The third-order valence-corrected chi connectivity index (χ3v) is 1.77. The Morgan fingerprint density at radius 2 is 2.08 bits per heavy atom. The molecule has 5 nitrogen and oxygen atoms in total. The second-order valence-electron chi connectivity index (χ2n) is 2.72. The number of rotatable bonds is 5. The predicted molar refractivity (Wildman–Crippen MR) is 46.4 cm³/mol. The van der Waals surface area contributed by atoms with Gasteiger partial charge in [0.05, 0.1) is 6.61 Å². The van der Waals surface area contributed by atoms with Gasteiger partial charge >= 0.3 is 5.97 Å². The highest BCUT2D eigenvalue weighted by Crippen LogP contribution is 1.99. The molecule has 0 rings (SSSR count). The van der Waals surface area contributed by atoms with E-state index in [2.05, 4.69) is 0 Å². The van der Waals surface area contributed by atoms with Crippen LogP contribution in [0.15, 0.2) is 0 Å². The minimum Gasteiger partial charge on any atom is -0.480 e. The average molecular weight is 189 g/mol. The van der Waals surface area contributed by atoms with Crippen LogP contribution in [0.5, 0.6) is 0 Å². The van der Waals surface area contributed by atoms with Gasteiger partial charge in [-0.3, -0.25) is 4.79 Å². The largest absolute Gasteiger partial charge is 0.480 e. The van der Waals surface area contributed by atoms with E-state index in [1.54, 1.807) is 0 Å². The summed E-state index contributed by atoms with van der Waals surface area (Å²) in [5.74, 6) is -1.27. The monoisotopic (exact) mass is 189 g/mol. The number of hydrogen-bond donors (Lipinski definition) is 1. The molecule has 0 radical (unpaired) electrons. The molecule has 0 aliphatic carbocycles. The zero-order chi connectivity index (χ0) is 10.4. The number of methoxy groups -OCH3 is 1. The highest BCUT2D eigenvalue weighted by atomic mass is 16.5. The molecule has 0 saturated heterocycles. The van der Waals surface area contributed by atoms with Gasteiger partial charge in [-0.1, -0.05) is 0 Å². The van der Waals surface area contributed by atoms with Gasteiger partial charge < -0.3 is 14.7 Å². The molecule has 5 heteroatoms. The van der Waals surface area contributed by atoms with Crippen molar-refractivity contribution in [3.05, 3.63) is 0 Å². The minimum absolute atomic E-state index is 0.257. The van der Waals surface area contributed by atoms with Crippen LogP contribution in [0.25, 0.3) is 0 Å². The van der Waals surface area contributed by atoms with Crippen molar-refractivity contribution in [1.29, 1.82) is 0 Å². The zero-order valence-corrected chi connectivity index (χ0v) is 8.11. The van der Waals surface area contributed by atoms with Crippen LogP contribution in [-0.4, -0.2) is 48.2 Å². The molecule has 0 heterocycles. The zero-order valence-electron chi connectivity index (χ0n) is 8.11. The molecule has 0 aliphatic rings. The molecular weight excluding hydrogens is 174 g/mol. The molecule has 0 aromatic rings. The summed E-state index contributed by atoms with van der Waals surface area (Å²) >= 11 is 0. The molecule has 0 saturated carbocycles. The summed E-state index contributed by atoms with van der Waals surface area (Å²) in [4.78, 5) is 22.8.